The number of anilines is 1. The molecule has 0 radical (unpaired) electrons. The Balaban J connectivity index is 0.00000243. The van der Waals surface area contributed by atoms with Crippen molar-refractivity contribution in [3.63, 3.8) is 0 Å². The second kappa shape index (κ2) is 8.39. The molecule has 5 nitrogen and oxygen atoms in total. The monoisotopic (exact) mass is 395 g/mol. The van der Waals surface area contributed by atoms with E-state index in [0.29, 0.717) is 11.4 Å². The van der Waals surface area contributed by atoms with E-state index in [1.807, 2.05) is 44.1 Å². The molecule has 0 saturated heterocycles. The van der Waals surface area contributed by atoms with Crippen molar-refractivity contribution in [2.24, 2.45) is 0 Å². The number of benzene rings is 2. The standard InChI is InChI=1S/C19H25N3O2S.ClH/c1-14-8-9-16(12-19(14)22(2)3)25(23,24)21-13-18-17-7-5-4-6-15(17)10-11-20-18;/h4-9,12,18,20-21H,10-11,13H2,1-3H3;1H. The van der Waals surface area contributed by atoms with Crippen LogP contribution in [0.3, 0.4) is 0 Å². The number of hydrogen-bond donors (Lipinski definition) is 2. The molecular formula is C19H26ClN3O2S. The summed E-state index contributed by atoms with van der Waals surface area (Å²) in [5.74, 6) is 0. The van der Waals surface area contributed by atoms with Crippen LogP contribution in [0.2, 0.25) is 0 Å². The number of fused-ring (bicyclic) bond motifs is 1. The van der Waals surface area contributed by atoms with Crippen molar-refractivity contribution in [3.8, 4) is 0 Å². The number of nitrogens with one attached hydrogen (secondary N) is 2. The van der Waals surface area contributed by atoms with E-state index in [4.69, 9.17) is 0 Å². The molecule has 0 bridgehead atoms. The van der Waals surface area contributed by atoms with Gasteiger partial charge in [-0.15, -0.1) is 12.4 Å². The topological polar surface area (TPSA) is 61.4 Å². The number of hydrogen-bond acceptors (Lipinski definition) is 4. The van der Waals surface area contributed by atoms with Gasteiger partial charge in [0.05, 0.1) is 4.90 Å². The highest BCUT2D eigenvalue weighted by atomic mass is 35.5. The second-order valence-electron chi connectivity index (χ2n) is 6.65. The fourth-order valence-electron chi connectivity index (χ4n) is 3.29. The van der Waals surface area contributed by atoms with Gasteiger partial charge in [-0.25, -0.2) is 13.1 Å². The van der Waals surface area contributed by atoms with E-state index in [0.717, 1.165) is 24.2 Å². The van der Waals surface area contributed by atoms with Crippen molar-refractivity contribution in [3.05, 3.63) is 59.2 Å². The SMILES string of the molecule is Cc1ccc(S(=O)(=O)NCC2NCCc3ccccc32)cc1N(C)C.Cl. The van der Waals surface area contributed by atoms with Crippen LogP contribution < -0.4 is 14.9 Å². The molecule has 1 aliphatic rings. The van der Waals surface area contributed by atoms with Gasteiger partial charge in [0.2, 0.25) is 10.0 Å². The highest BCUT2D eigenvalue weighted by molar-refractivity contribution is 7.89. The average Bonchev–Trinajstić information content (AvgIpc) is 2.60. The first kappa shape index (κ1) is 20.7. The minimum absolute atomic E-state index is 0. The minimum atomic E-state index is -3.55. The molecule has 26 heavy (non-hydrogen) atoms. The molecule has 0 fully saturated rings. The largest absolute Gasteiger partial charge is 0.377 e. The van der Waals surface area contributed by atoms with Crippen LogP contribution in [0, 0.1) is 6.92 Å². The first-order chi connectivity index (χ1) is 11.9. The summed E-state index contributed by atoms with van der Waals surface area (Å²) < 4.78 is 28.2. The third-order valence-corrected chi connectivity index (χ3v) is 6.09. The first-order valence-corrected chi connectivity index (χ1v) is 9.95. The highest BCUT2D eigenvalue weighted by Crippen LogP contribution is 2.24. The lowest BCUT2D eigenvalue weighted by atomic mass is 9.95. The molecule has 0 spiro atoms. The zero-order valence-corrected chi connectivity index (χ0v) is 17.0. The Hall–Kier alpha value is -1.60. The van der Waals surface area contributed by atoms with Gasteiger partial charge in [0.25, 0.3) is 0 Å². The summed E-state index contributed by atoms with van der Waals surface area (Å²) in [6.07, 6.45) is 0.976. The maximum absolute atomic E-state index is 12.7. The first-order valence-electron chi connectivity index (χ1n) is 8.47. The summed E-state index contributed by atoms with van der Waals surface area (Å²) in [5.41, 5.74) is 4.42. The maximum atomic E-state index is 12.7. The summed E-state index contributed by atoms with van der Waals surface area (Å²) >= 11 is 0. The Labute approximate surface area is 162 Å². The van der Waals surface area contributed by atoms with Crippen LogP contribution in [0.25, 0.3) is 0 Å². The second-order valence-corrected chi connectivity index (χ2v) is 8.42. The molecule has 3 rings (SSSR count). The van der Waals surface area contributed by atoms with Gasteiger partial charge in [-0.1, -0.05) is 30.3 Å². The lowest BCUT2D eigenvalue weighted by Crippen LogP contribution is -2.38. The van der Waals surface area contributed by atoms with E-state index in [9.17, 15) is 8.42 Å². The molecule has 1 unspecified atom stereocenters. The molecule has 0 aromatic heterocycles. The molecule has 142 valence electrons. The van der Waals surface area contributed by atoms with Crippen molar-refractivity contribution in [2.75, 3.05) is 32.1 Å². The Morgan fingerprint density at radius 1 is 1.19 bits per heavy atom. The molecule has 0 aliphatic carbocycles. The van der Waals surface area contributed by atoms with Crippen LogP contribution in [0.1, 0.15) is 22.7 Å². The molecule has 0 amide bonds. The van der Waals surface area contributed by atoms with Gasteiger partial charge in [-0.05, 0) is 48.7 Å². The number of halogens is 1. The minimum Gasteiger partial charge on any atom is -0.377 e. The smallest absolute Gasteiger partial charge is 0.240 e. The summed E-state index contributed by atoms with van der Waals surface area (Å²) in [7, 11) is 0.272. The Morgan fingerprint density at radius 3 is 2.65 bits per heavy atom. The van der Waals surface area contributed by atoms with E-state index in [2.05, 4.69) is 22.2 Å². The Kier molecular flexibility index (Phi) is 6.69. The van der Waals surface area contributed by atoms with E-state index < -0.39 is 10.0 Å². The van der Waals surface area contributed by atoms with Gasteiger partial charge in [-0.3, -0.25) is 0 Å². The van der Waals surface area contributed by atoms with Gasteiger partial charge in [0.1, 0.15) is 0 Å². The maximum Gasteiger partial charge on any atom is 0.240 e. The third-order valence-electron chi connectivity index (χ3n) is 4.67. The lowest BCUT2D eigenvalue weighted by molar-refractivity contribution is 0.491. The number of aryl methyl sites for hydroxylation is 1. The number of sulfonamides is 1. The van der Waals surface area contributed by atoms with Crippen LogP contribution in [0.5, 0.6) is 0 Å². The van der Waals surface area contributed by atoms with Crippen molar-refractivity contribution in [1.82, 2.24) is 10.0 Å². The van der Waals surface area contributed by atoms with Crippen LogP contribution in [-0.4, -0.2) is 35.6 Å². The molecule has 2 N–H and O–H groups in total. The Morgan fingerprint density at radius 2 is 1.92 bits per heavy atom. The quantitative estimate of drug-likeness (QED) is 0.817. The lowest BCUT2D eigenvalue weighted by Gasteiger charge is -2.27. The summed E-state index contributed by atoms with van der Waals surface area (Å²) in [6.45, 7) is 3.17. The zero-order chi connectivity index (χ0) is 18.0. The fourth-order valence-corrected chi connectivity index (χ4v) is 4.36. The van der Waals surface area contributed by atoms with Gasteiger partial charge >= 0.3 is 0 Å². The molecule has 1 heterocycles. The average molecular weight is 396 g/mol. The molecule has 7 heteroatoms. The summed E-state index contributed by atoms with van der Waals surface area (Å²) in [4.78, 5) is 2.22. The number of rotatable bonds is 5. The predicted octanol–water partition coefficient (Wildman–Crippen LogP) is 2.65. The predicted molar refractivity (Wildman–Crippen MR) is 109 cm³/mol. The van der Waals surface area contributed by atoms with Crippen LogP contribution >= 0.6 is 12.4 Å². The van der Waals surface area contributed by atoms with Gasteiger partial charge in [-0.2, -0.15) is 0 Å². The van der Waals surface area contributed by atoms with Crippen molar-refractivity contribution < 1.29 is 8.42 Å². The Bertz CT molecular complexity index is 869. The van der Waals surface area contributed by atoms with E-state index in [1.165, 1.54) is 11.1 Å². The van der Waals surface area contributed by atoms with Crippen LogP contribution in [0.4, 0.5) is 5.69 Å². The van der Waals surface area contributed by atoms with Crippen molar-refractivity contribution >= 4 is 28.1 Å². The van der Waals surface area contributed by atoms with E-state index in [-0.39, 0.29) is 18.4 Å². The fraction of sp³-hybridized carbons (Fsp3) is 0.368. The molecule has 1 atom stereocenters. The molecule has 2 aromatic rings. The van der Waals surface area contributed by atoms with Gasteiger partial charge in [0.15, 0.2) is 0 Å². The van der Waals surface area contributed by atoms with Gasteiger partial charge < -0.3 is 10.2 Å². The molecule has 0 saturated carbocycles. The van der Waals surface area contributed by atoms with Gasteiger partial charge in [0, 0.05) is 32.4 Å². The van der Waals surface area contributed by atoms with E-state index >= 15 is 0 Å². The van der Waals surface area contributed by atoms with Crippen molar-refractivity contribution in [1.29, 1.82) is 0 Å². The van der Waals surface area contributed by atoms with Crippen LogP contribution in [-0.2, 0) is 16.4 Å². The summed E-state index contributed by atoms with van der Waals surface area (Å²) in [5, 5.41) is 3.40. The van der Waals surface area contributed by atoms with Crippen molar-refractivity contribution in [2.45, 2.75) is 24.3 Å². The van der Waals surface area contributed by atoms with E-state index in [1.54, 1.807) is 12.1 Å². The highest BCUT2D eigenvalue weighted by Gasteiger charge is 2.22. The van der Waals surface area contributed by atoms with Crippen LogP contribution in [0.15, 0.2) is 47.4 Å². The molecule has 1 aliphatic heterocycles. The summed E-state index contributed by atoms with van der Waals surface area (Å²) in [6, 6.07) is 13.4. The zero-order valence-electron chi connectivity index (χ0n) is 15.3. The number of nitrogens with zero attached hydrogens (tertiary/aromatic N) is 1. The molecular weight excluding hydrogens is 370 g/mol. The third kappa shape index (κ3) is 4.38. The normalized spacial score (nSPS) is 16.5. The molecule has 2 aromatic carbocycles.